The van der Waals surface area contributed by atoms with Gasteiger partial charge in [-0.15, -0.1) is 0 Å². The van der Waals surface area contributed by atoms with Crippen LogP contribution in [0.5, 0.6) is 0 Å². The SMILES string of the molecule is CC1(C)CCN(CCC(C)(CO)NC2CC2)CC1. The first-order chi connectivity index (χ1) is 8.42. The molecule has 1 atom stereocenters. The van der Waals surface area contributed by atoms with Gasteiger partial charge < -0.3 is 15.3 Å². The smallest absolute Gasteiger partial charge is 0.0611 e. The number of likely N-dealkylation sites (tertiary alicyclic amines) is 1. The summed E-state index contributed by atoms with van der Waals surface area (Å²) < 4.78 is 0. The Kier molecular flexibility index (Phi) is 4.35. The third-order valence-electron chi connectivity index (χ3n) is 4.67. The molecule has 1 heterocycles. The Labute approximate surface area is 112 Å². The van der Waals surface area contributed by atoms with Crippen molar-refractivity contribution in [2.45, 2.75) is 64.5 Å². The van der Waals surface area contributed by atoms with E-state index >= 15 is 0 Å². The van der Waals surface area contributed by atoms with E-state index in [1.54, 1.807) is 0 Å². The maximum atomic E-state index is 9.59. The van der Waals surface area contributed by atoms with Gasteiger partial charge in [0.25, 0.3) is 0 Å². The number of nitrogens with one attached hydrogen (secondary N) is 1. The molecule has 3 nitrogen and oxygen atoms in total. The first-order valence-corrected chi connectivity index (χ1v) is 7.53. The maximum absolute atomic E-state index is 9.59. The Morgan fingerprint density at radius 3 is 2.39 bits per heavy atom. The summed E-state index contributed by atoms with van der Waals surface area (Å²) in [5.74, 6) is 0. The zero-order chi connectivity index (χ0) is 13.2. The molecule has 0 amide bonds. The third-order valence-corrected chi connectivity index (χ3v) is 4.67. The van der Waals surface area contributed by atoms with Crippen molar-refractivity contribution in [1.29, 1.82) is 0 Å². The summed E-state index contributed by atoms with van der Waals surface area (Å²) in [5, 5.41) is 13.2. The highest BCUT2D eigenvalue weighted by molar-refractivity contribution is 4.93. The van der Waals surface area contributed by atoms with Gasteiger partial charge in [-0.25, -0.2) is 0 Å². The van der Waals surface area contributed by atoms with E-state index in [0.29, 0.717) is 11.5 Å². The molecule has 0 spiro atoms. The van der Waals surface area contributed by atoms with E-state index in [9.17, 15) is 5.11 Å². The topological polar surface area (TPSA) is 35.5 Å². The molecule has 106 valence electrons. The maximum Gasteiger partial charge on any atom is 0.0611 e. The van der Waals surface area contributed by atoms with Gasteiger partial charge in [-0.1, -0.05) is 13.8 Å². The van der Waals surface area contributed by atoms with Crippen LogP contribution in [-0.4, -0.2) is 47.8 Å². The van der Waals surface area contributed by atoms with Crippen LogP contribution in [0, 0.1) is 5.41 Å². The second-order valence-electron chi connectivity index (χ2n) is 7.39. The lowest BCUT2D eigenvalue weighted by atomic mass is 9.82. The molecule has 1 saturated heterocycles. The number of aliphatic hydroxyl groups excluding tert-OH is 1. The number of hydrogen-bond acceptors (Lipinski definition) is 3. The van der Waals surface area contributed by atoms with Crippen LogP contribution >= 0.6 is 0 Å². The molecule has 1 aliphatic carbocycles. The number of aliphatic hydroxyl groups is 1. The minimum Gasteiger partial charge on any atom is -0.394 e. The molecule has 1 aliphatic heterocycles. The summed E-state index contributed by atoms with van der Waals surface area (Å²) in [6, 6.07) is 0.669. The van der Waals surface area contributed by atoms with Gasteiger partial charge in [0.1, 0.15) is 0 Å². The Morgan fingerprint density at radius 2 is 1.89 bits per heavy atom. The van der Waals surface area contributed by atoms with Gasteiger partial charge in [-0.05, 0) is 64.1 Å². The number of piperidine rings is 1. The van der Waals surface area contributed by atoms with Crippen molar-refractivity contribution < 1.29 is 5.11 Å². The van der Waals surface area contributed by atoms with Crippen LogP contribution < -0.4 is 5.32 Å². The molecule has 2 fully saturated rings. The summed E-state index contributed by atoms with van der Waals surface area (Å²) in [6.45, 7) is 10.7. The van der Waals surface area contributed by atoms with E-state index in [0.717, 1.165) is 13.0 Å². The quantitative estimate of drug-likeness (QED) is 0.761. The van der Waals surface area contributed by atoms with Crippen molar-refractivity contribution in [2.24, 2.45) is 5.41 Å². The lowest BCUT2D eigenvalue weighted by molar-refractivity contribution is 0.104. The largest absolute Gasteiger partial charge is 0.394 e. The molecular weight excluding hydrogens is 224 g/mol. The lowest BCUT2D eigenvalue weighted by Crippen LogP contribution is -2.50. The van der Waals surface area contributed by atoms with Gasteiger partial charge in [0.2, 0.25) is 0 Å². The first-order valence-electron chi connectivity index (χ1n) is 7.53. The molecule has 1 saturated carbocycles. The van der Waals surface area contributed by atoms with E-state index < -0.39 is 0 Å². The standard InChI is InChI=1S/C15H30N2O/c1-14(2)6-9-17(10-7-14)11-8-15(3,12-18)16-13-4-5-13/h13,16,18H,4-12H2,1-3H3. The predicted octanol–water partition coefficient (Wildman–Crippen LogP) is 2.00. The summed E-state index contributed by atoms with van der Waals surface area (Å²) in [4.78, 5) is 2.56. The van der Waals surface area contributed by atoms with E-state index in [4.69, 9.17) is 0 Å². The van der Waals surface area contributed by atoms with Gasteiger partial charge in [0.15, 0.2) is 0 Å². The highest BCUT2D eigenvalue weighted by Gasteiger charge is 2.33. The Balaban J connectivity index is 1.72. The lowest BCUT2D eigenvalue weighted by Gasteiger charge is -2.39. The van der Waals surface area contributed by atoms with E-state index in [1.165, 1.54) is 38.8 Å². The minimum absolute atomic E-state index is 0.0753. The average Bonchev–Trinajstić information content (AvgIpc) is 3.11. The third kappa shape index (κ3) is 4.22. The summed E-state index contributed by atoms with van der Waals surface area (Å²) in [6.07, 6.45) is 6.24. The van der Waals surface area contributed by atoms with Crippen LogP contribution in [0.4, 0.5) is 0 Å². The molecule has 2 aliphatic rings. The molecule has 0 aromatic rings. The molecule has 18 heavy (non-hydrogen) atoms. The normalized spacial score (nSPS) is 28.0. The Morgan fingerprint density at radius 1 is 1.28 bits per heavy atom. The van der Waals surface area contributed by atoms with Crippen LogP contribution in [0.25, 0.3) is 0 Å². The van der Waals surface area contributed by atoms with Crippen molar-refractivity contribution >= 4 is 0 Å². The first kappa shape index (κ1) is 14.3. The minimum atomic E-state index is -0.0753. The van der Waals surface area contributed by atoms with Crippen LogP contribution in [0.3, 0.4) is 0 Å². The molecule has 3 heteroatoms. The van der Waals surface area contributed by atoms with Crippen molar-refractivity contribution in [2.75, 3.05) is 26.2 Å². The second-order valence-corrected chi connectivity index (χ2v) is 7.39. The Bertz CT molecular complexity index is 266. The summed E-state index contributed by atoms with van der Waals surface area (Å²) in [7, 11) is 0. The molecular formula is C15H30N2O. The fraction of sp³-hybridized carbons (Fsp3) is 1.00. The van der Waals surface area contributed by atoms with Crippen LogP contribution in [0.15, 0.2) is 0 Å². The van der Waals surface area contributed by atoms with Crippen LogP contribution in [-0.2, 0) is 0 Å². The molecule has 1 unspecified atom stereocenters. The van der Waals surface area contributed by atoms with Gasteiger partial charge in [0.05, 0.1) is 6.61 Å². The highest BCUT2D eigenvalue weighted by Crippen LogP contribution is 2.30. The van der Waals surface area contributed by atoms with Crippen molar-refractivity contribution in [3.05, 3.63) is 0 Å². The highest BCUT2D eigenvalue weighted by atomic mass is 16.3. The molecule has 0 bridgehead atoms. The summed E-state index contributed by atoms with van der Waals surface area (Å²) in [5.41, 5.74) is 0.456. The Hall–Kier alpha value is -0.120. The van der Waals surface area contributed by atoms with E-state index in [-0.39, 0.29) is 12.1 Å². The van der Waals surface area contributed by atoms with Gasteiger partial charge >= 0.3 is 0 Å². The van der Waals surface area contributed by atoms with Crippen LogP contribution in [0.2, 0.25) is 0 Å². The molecule has 0 aromatic carbocycles. The number of hydrogen-bond donors (Lipinski definition) is 2. The van der Waals surface area contributed by atoms with E-state index in [1.807, 2.05) is 0 Å². The molecule has 2 N–H and O–H groups in total. The zero-order valence-electron chi connectivity index (χ0n) is 12.3. The monoisotopic (exact) mass is 254 g/mol. The molecule has 2 rings (SSSR count). The van der Waals surface area contributed by atoms with E-state index in [2.05, 4.69) is 31.0 Å². The molecule has 0 aromatic heterocycles. The van der Waals surface area contributed by atoms with Crippen molar-refractivity contribution in [3.63, 3.8) is 0 Å². The van der Waals surface area contributed by atoms with Crippen molar-refractivity contribution in [1.82, 2.24) is 10.2 Å². The van der Waals surface area contributed by atoms with Crippen LogP contribution in [0.1, 0.15) is 52.9 Å². The fourth-order valence-corrected chi connectivity index (χ4v) is 2.70. The predicted molar refractivity (Wildman–Crippen MR) is 75.7 cm³/mol. The summed E-state index contributed by atoms with van der Waals surface area (Å²) >= 11 is 0. The molecule has 0 radical (unpaired) electrons. The van der Waals surface area contributed by atoms with Crippen molar-refractivity contribution in [3.8, 4) is 0 Å². The van der Waals surface area contributed by atoms with Gasteiger partial charge in [0, 0.05) is 11.6 Å². The fourth-order valence-electron chi connectivity index (χ4n) is 2.70. The number of rotatable bonds is 6. The second kappa shape index (κ2) is 5.48. The van der Waals surface area contributed by atoms with Gasteiger partial charge in [-0.2, -0.15) is 0 Å². The average molecular weight is 254 g/mol. The van der Waals surface area contributed by atoms with Gasteiger partial charge in [-0.3, -0.25) is 0 Å². The zero-order valence-corrected chi connectivity index (χ0v) is 12.3. The number of nitrogens with zero attached hydrogens (tertiary/aromatic N) is 1.